The van der Waals surface area contributed by atoms with Crippen LogP contribution >= 0.6 is 0 Å². The van der Waals surface area contributed by atoms with Crippen LogP contribution in [0.25, 0.3) is 10.8 Å². The fraction of sp³-hybridized carbons (Fsp3) is 0.536. The van der Waals surface area contributed by atoms with Crippen molar-refractivity contribution in [3.8, 4) is 11.8 Å². The maximum Gasteiger partial charge on any atom is 0.138 e. The molecule has 32 heavy (non-hydrogen) atoms. The van der Waals surface area contributed by atoms with Gasteiger partial charge in [0.25, 0.3) is 0 Å². The van der Waals surface area contributed by atoms with Gasteiger partial charge in [-0.3, -0.25) is 4.90 Å². The molecule has 1 atom stereocenters. The lowest BCUT2D eigenvalue weighted by molar-refractivity contribution is 0.130. The third-order valence-electron chi connectivity index (χ3n) is 7.81. The van der Waals surface area contributed by atoms with Crippen LogP contribution in [0.3, 0.4) is 0 Å². The summed E-state index contributed by atoms with van der Waals surface area (Å²) in [4.78, 5) is 2.46. The molecule has 0 amide bonds. The predicted octanol–water partition coefficient (Wildman–Crippen LogP) is 6.90. The molecule has 2 aromatic rings. The zero-order valence-electron chi connectivity index (χ0n) is 19.5. The van der Waals surface area contributed by atoms with E-state index in [0.717, 1.165) is 61.2 Å². The molecule has 4 nitrogen and oxygen atoms in total. The molecule has 0 bridgehead atoms. The highest BCUT2D eigenvalue weighted by atomic mass is 16.5. The van der Waals surface area contributed by atoms with Crippen LogP contribution in [0.15, 0.2) is 42.7 Å². The molecule has 1 saturated carbocycles. The van der Waals surface area contributed by atoms with E-state index < -0.39 is 0 Å². The number of hydrogen-bond acceptors (Lipinski definition) is 4. The highest BCUT2D eigenvalue weighted by Crippen LogP contribution is 2.35. The number of aliphatic hydroxyl groups is 1. The monoisotopic (exact) mass is 432 g/mol. The summed E-state index contributed by atoms with van der Waals surface area (Å²) < 4.78 is 6.36. The van der Waals surface area contributed by atoms with Gasteiger partial charge in [-0.05, 0) is 87.5 Å². The van der Waals surface area contributed by atoms with E-state index in [1.165, 1.54) is 24.8 Å². The molecule has 2 aliphatic rings. The van der Waals surface area contributed by atoms with Crippen molar-refractivity contribution in [2.45, 2.75) is 70.9 Å². The van der Waals surface area contributed by atoms with E-state index in [1.54, 1.807) is 0 Å². The Bertz CT molecular complexity index is 992. The Morgan fingerprint density at radius 2 is 1.84 bits per heavy atom. The minimum Gasteiger partial charge on any atom is -0.513 e. The van der Waals surface area contributed by atoms with Crippen LogP contribution in [0.5, 0.6) is 5.75 Å². The first-order chi connectivity index (χ1) is 15.5. The van der Waals surface area contributed by atoms with Crippen molar-refractivity contribution in [1.29, 1.82) is 5.26 Å². The van der Waals surface area contributed by atoms with Gasteiger partial charge in [0.2, 0.25) is 0 Å². The molecule has 1 unspecified atom stereocenters. The third kappa shape index (κ3) is 4.79. The fourth-order valence-corrected chi connectivity index (χ4v) is 5.46. The number of rotatable bonds is 6. The molecule has 1 N–H and O–H groups in total. The number of hydrogen-bond donors (Lipinski definition) is 1. The number of piperidine rings is 1. The van der Waals surface area contributed by atoms with E-state index in [2.05, 4.69) is 55.7 Å². The fourth-order valence-electron chi connectivity index (χ4n) is 5.46. The molecule has 2 aromatic carbocycles. The van der Waals surface area contributed by atoms with Crippen LogP contribution in [-0.2, 0) is 0 Å². The summed E-state index contributed by atoms with van der Waals surface area (Å²) in [7, 11) is 0. The van der Waals surface area contributed by atoms with Gasteiger partial charge in [-0.1, -0.05) is 38.1 Å². The second-order valence-electron chi connectivity index (χ2n) is 9.68. The van der Waals surface area contributed by atoms with Crippen LogP contribution < -0.4 is 4.74 Å². The Hall–Kier alpha value is -2.51. The molecular formula is C28H36N2O2. The quantitative estimate of drug-likeness (QED) is 0.504. The predicted molar refractivity (Wildman–Crippen MR) is 130 cm³/mol. The number of nitriles is 1. The molecule has 1 aliphatic carbocycles. The number of likely N-dealkylation sites (tertiary alicyclic amines) is 1. The summed E-state index contributed by atoms with van der Waals surface area (Å²) in [6.45, 7) is 10.1. The van der Waals surface area contributed by atoms with Crippen LogP contribution in [0.2, 0.25) is 0 Å². The van der Waals surface area contributed by atoms with Crippen molar-refractivity contribution >= 4 is 10.8 Å². The summed E-state index contributed by atoms with van der Waals surface area (Å²) in [6.07, 6.45) is 7.94. The standard InChI is InChI=1S/C28H36N2O2/c1-4-21-5-10-25(11-6-21)32-28-12-9-23-7-8-24(17-26(23)27(28)18-29)19(2)30-15-13-22(14-16-30)20(3)31/h7-9,12,17,19,21-22,25,31H,3-6,10-11,13-16H2,1-2H3. The zero-order chi connectivity index (χ0) is 22.7. The molecule has 170 valence electrons. The average Bonchev–Trinajstić information content (AvgIpc) is 2.83. The number of benzene rings is 2. The van der Waals surface area contributed by atoms with E-state index in [1.807, 2.05) is 6.07 Å². The number of ether oxygens (including phenoxy) is 1. The van der Waals surface area contributed by atoms with Crippen molar-refractivity contribution in [1.82, 2.24) is 4.90 Å². The van der Waals surface area contributed by atoms with Gasteiger partial charge in [-0.2, -0.15) is 5.26 Å². The van der Waals surface area contributed by atoms with E-state index in [0.29, 0.717) is 11.3 Å². The number of nitrogens with zero attached hydrogens (tertiary/aromatic N) is 2. The van der Waals surface area contributed by atoms with Crippen molar-refractivity contribution in [3.63, 3.8) is 0 Å². The van der Waals surface area contributed by atoms with E-state index >= 15 is 0 Å². The molecule has 4 rings (SSSR count). The maximum atomic E-state index is 10.0. The smallest absolute Gasteiger partial charge is 0.138 e. The maximum absolute atomic E-state index is 10.0. The van der Waals surface area contributed by atoms with Gasteiger partial charge in [0.1, 0.15) is 17.4 Å². The largest absolute Gasteiger partial charge is 0.513 e. The Labute approximate surface area is 192 Å². The zero-order valence-corrected chi connectivity index (χ0v) is 19.5. The molecule has 0 aromatic heterocycles. The first-order valence-electron chi connectivity index (χ1n) is 12.2. The molecule has 4 heteroatoms. The lowest BCUT2D eigenvalue weighted by Crippen LogP contribution is -2.36. The second-order valence-corrected chi connectivity index (χ2v) is 9.68. The van der Waals surface area contributed by atoms with E-state index in [9.17, 15) is 10.4 Å². The molecule has 0 spiro atoms. The number of aliphatic hydroxyl groups excluding tert-OH is 1. The SMILES string of the molecule is C=C(O)C1CCN(C(C)c2ccc3ccc(OC4CCC(CC)CC4)c(C#N)c3c2)CC1. The Balaban J connectivity index is 1.54. The first-order valence-corrected chi connectivity index (χ1v) is 12.2. The van der Waals surface area contributed by atoms with Crippen molar-refractivity contribution in [3.05, 3.63) is 53.8 Å². The summed E-state index contributed by atoms with van der Waals surface area (Å²) in [5.74, 6) is 2.09. The van der Waals surface area contributed by atoms with Gasteiger partial charge < -0.3 is 9.84 Å². The summed E-state index contributed by atoms with van der Waals surface area (Å²) in [5.41, 5.74) is 1.88. The molecule has 1 aliphatic heterocycles. The minimum atomic E-state index is 0.215. The molecule has 1 saturated heterocycles. The molecular weight excluding hydrogens is 396 g/mol. The minimum absolute atomic E-state index is 0.215. The van der Waals surface area contributed by atoms with Crippen LogP contribution in [-0.4, -0.2) is 29.2 Å². The van der Waals surface area contributed by atoms with Gasteiger partial charge >= 0.3 is 0 Å². The Morgan fingerprint density at radius 3 is 2.47 bits per heavy atom. The summed E-state index contributed by atoms with van der Waals surface area (Å²) in [5, 5.41) is 21.8. The van der Waals surface area contributed by atoms with Gasteiger partial charge in [0.15, 0.2) is 0 Å². The normalized spacial score (nSPS) is 23.5. The third-order valence-corrected chi connectivity index (χ3v) is 7.81. The molecule has 2 fully saturated rings. The average molecular weight is 433 g/mol. The Morgan fingerprint density at radius 1 is 1.16 bits per heavy atom. The van der Waals surface area contributed by atoms with Crippen molar-refractivity contribution in [2.75, 3.05) is 13.1 Å². The van der Waals surface area contributed by atoms with Gasteiger partial charge in [-0.25, -0.2) is 0 Å². The highest BCUT2D eigenvalue weighted by molar-refractivity contribution is 5.90. The van der Waals surface area contributed by atoms with Crippen LogP contribution in [0.4, 0.5) is 0 Å². The van der Waals surface area contributed by atoms with Crippen molar-refractivity contribution in [2.24, 2.45) is 11.8 Å². The van der Waals surface area contributed by atoms with E-state index in [-0.39, 0.29) is 18.1 Å². The molecule has 1 heterocycles. The van der Waals surface area contributed by atoms with Gasteiger partial charge in [0.05, 0.1) is 11.9 Å². The Kier molecular flexibility index (Phi) is 7.06. The van der Waals surface area contributed by atoms with Crippen LogP contribution in [0.1, 0.15) is 76.0 Å². The number of allylic oxidation sites excluding steroid dienone is 1. The summed E-state index contributed by atoms with van der Waals surface area (Å²) in [6, 6.07) is 13.2. The second kappa shape index (κ2) is 9.96. The lowest BCUT2D eigenvalue weighted by atomic mass is 9.86. The topological polar surface area (TPSA) is 56.5 Å². The van der Waals surface area contributed by atoms with Gasteiger partial charge in [0, 0.05) is 17.3 Å². The van der Waals surface area contributed by atoms with E-state index in [4.69, 9.17) is 4.74 Å². The molecule has 0 radical (unpaired) electrons. The highest BCUT2D eigenvalue weighted by Gasteiger charge is 2.26. The first kappa shape index (κ1) is 22.7. The lowest BCUT2D eigenvalue weighted by Gasteiger charge is -2.36. The van der Waals surface area contributed by atoms with Crippen LogP contribution in [0, 0.1) is 23.2 Å². The van der Waals surface area contributed by atoms with Crippen molar-refractivity contribution < 1.29 is 9.84 Å². The summed E-state index contributed by atoms with van der Waals surface area (Å²) >= 11 is 0. The van der Waals surface area contributed by atoms with Gasteiger partial charge in [-0.15, -0.1) is 0 Å². The number of fused-ring (bicyclic) bond motifs is 1.